The number of aliphatic hydroxyl groups is 1. The van der Waals surface area contributed by atoms with Gasteiger partial charge in [0.05, 0.1) is 23.9 Å². The predicted molar refractivity (Wildman–Crippen MR) is 186 cm³/mol. The molecule has 3 aliphatic carbocycles. The minimum absolute atomic E-state index is 0.0311. The Hall–Kier alpha value is -1.87. The summed E-state index contributed by atoms with van der Waals surface area (Å²) < 4.78 is 31.5. The Labute approximate surface area is 298 Å². The highest BCUT2D eigenvalue weighted by Gasteiger charge is 2.59. The molecule has 3 heterocycles. The summed E-state index contributed by atoms with van der Waals surface area (Å²) in [6.45, 7) is 14.2. The van der Waals surface area contributed by atoms with Crippen LogP contribution >= 0.6 is 0 Å². The summed E-state index contributed by atoms with van der Waals surface area (Å²) in [6, 6.07) is -0.953. The average molecular weight is 709 g/mol. The van der Waals surface area contributed by atoms with E-state index in [2.05, 4.69) is 29.5 Å². The second kappa shape index (κ2) is 14.9. The molecule has 3 N–H and O–H groups in total. The number of aliphatic hydroxyl groups excluding tert-OH is 1. The number of Topliss-reactive ketones (excluding diaryl/α,β-unsaturated/α-hetero) is 1. The van der Waals surface area contributed by atoms with Crippen molar-refractivity contribution < 1.29 is 43.2 Å². The van der Waals surface area contributed by atoms with Crippen molar-refractivity contribution in [2.45, 2.75) is 153 Å². The molecule has 2 bridgehead atoms. The normalized spacial score (nSPS) is 47.3. The first-order chi connectivity index (χ1) is 23.4. The fraction of sp³-hybridized carbons (Fsp3) is 0.919. The van der Waals surface area contributed by atoms with E-state index in [-0.39, 0.29) is 35.4 Å². The third-order valence-corrected chi connectivity index (χ3v) is 13.0. The van der Waals surface area contributed by atoms with E-state index in [1.165, 1.54) is 19.3 Å². The number of esters is 1. The molecule has 1 amide bonds. The van der Waals surface area contributed by atoms with Crippen LogP contribution in [0.5, 0.6) is 0 Å². The number of nitrogens with one attached hydrogen (secondary N) is 2. The number of hydrogen-bond donors (Lipinski definition) is 3. The summed E-state index contributed by atoms with van der Waals surface area (Å²) in [6.07, 6.45) is 0.770. The van der Waals surface area contributed by atoms with E-state index < -0.39 is 65.7 Å². The summed E-state index contributed by atoms with van der Waals surface area (Å²) in [4.78, 5) is 45.0. The summed E-state index contributed by atoms with van der Waals surface area (Å²) in [7, 11) is 7.67. The van der Waals surface area contributed by atoms with Gasteiger partial charge in [-0.05, 0) is 106 Å². The van der Waals surface area contributed by atoms with Crippen LogP contribution in [0.2, 0.25) is 0 Å². The Morgan fingerprint density at radius 1 is 1.02 bits per heavy atom. The molecule has 0 aromatic carbocycles. The van der Waals surface area contributed by atoms with Crippen molar-refractivity contribution in [2.75, 3.05) is 41.3 Å². The first-order valence-electron chi connectivity index (χ1n) is 18.8. The molecule has 50 heavy (non-hydrogen) atoms. The Morgan fingerprint density at radius 2 is 1.68 bits per heavy atom. The van der Waals surface area contributed by atoms with Crippen LogP contribution in [0, 0.1) is 23.7 Å². The summed E-state index contributed by atoms with van der Waals surface area (Å²) in [5.41, 5.74) is -1.90. The number of rotatable bonds is 8. The zero-order valence-electron chi connectivity index (χ0n) is 32.2. The molecular formula is C37H64N4O9. The monoisotopic (exact) mass is 708 g/mol. The minimum Gasteiger partial charge on any atom is -0.458 e. The van der Waals surface area contributed by atoms with E-state index in [9.17, 15) is 19.5 Å². The van der Waals surface area contributed by atoms with Gasteiger partial charge in [-0.2, -0.15) is 0 Å². The number of carbonyl (C=O) groups excluding carboxylic acids is 3. The van der Waals surface area contributed by atoms with E-state index in [4.69, 9.17) is 23.7 Å². The van der Waals surface area contributed by atoms with E-state index >= 15 is 0 Å². The average Bonchev–Trinajstić information content (AvgIpc) is 3.33. The smallest absolute Gasteiger partial charge is 0.408 e. The van der Waals surface area contributed by atoms with Crippen molar-refractivity contribution in [3.8, 4) is 0 Å². The van der Waals surface area contributed by atoms with Crippen molar-refractivity contribution in [1.29, 1.82) is 0 Å². The number of likely N-dealkylation sites (N-methyl/N-ethyl adjacent to an activating group) is 2. The second-order valence-electron chi connectivity index (χ2n) is 17.0. The van der Waals surface area contributed by atoms with Gasteiger partial charge in [0, 0.05) is 37.2 Å². The summed E-state index contributed by atoms with van der Waals surface area (Å²) >= 11 is 0. The minimum atomic E-state index is -1.15. The van der Waals surface area contributed by atoms with Crippen LogP contribution in [0.3, 0.4) is 0 Å². The number of carbonyl (C=O) groups is 3. The van der Waals surface area contributed by atoms with Crippen LogP contribution in [-0.4, -0.2) is 140 Å². The lowest BCUT2D eigenvalue weighted by molar-refractivity contribution is -0.301. The van der Waals surface area contributed by atoms with E-state index in [0.29, 0.717) is 25.8 Å². The fourth-order valence-electron chi connectivity index (χ4n) is 9.54. The number of methoxy groups -OCH3 is 1. The lowest BCUT2D eigenvalue weighted by Crippen LogP contribution is -2.68. The largest absolute Gasteiger partial charge is 0.458 e. The molecule has 3 saturated carbocycles. The fourth-order valence-corrected chi connectivity index (χ4v) is 9.54. The van der Waals surface area contributed by atoms with E-state index in [1.807, 2.05) is 39.8 Å². The molecule has 6 fully saturated rings. The highest BCUT2D eigenvalue weighted by Crippen LogP contribution is 2.60. The molecule has 13 nitrogen and oxygen atoms in total. The van der Waals surface area contributed by atoms with Crippen LogP contribution in [0.4, 0.5) is 4.79 Å². The maximum Gasteiger partial charge on any atom is 0.408 e. The topological polar surface area (TPSA) is 148 Å². The third kappa shape index (κ3) is 7.34. The number of amides is 1. The quantitative estimate of drug-likeness (QED) is 0.252. The Balaban J connectivity index is 1.44. The molecule has 3 aliphatic heterocycles. The number of ether oxygens (including phenoxy) is 5. The molecule has 0 spiro atoms. The van der Waals surface area contributed by atoms with Gasteiger partial charge in [-0.1, -0.05) is 20.8 Å². The maximum absolute atomic E-state index is 14.3. The molecule has 5 unspecified atom stereocenters. The molecule has 13 atom stereocenters. The molecule has 286 valence electrons. The zero-order valence-corrected chi connectivity index (χ0v) is 32.2. The van der Waals surface area contributed by atoms with Gasteiger partial charge < -0.3 is 44.3 Å². The van der Waals surface area contributed by atoms with Crippen LogP contribution < -0.4 is 10.6 Å². The third-order valence-electron chi connectivity index (χ3n) is 13.0. The van der Waals surface area contributed by atoms with Crippen molar-refractivity contribution in [3.63, 3.8) is 0 Å². The van der Waals surface area contributed by atoms with E-state index in [1.54, 1.807) is 27.9 Å². The van der Waals surface area contributed by atoms with Crippen LogP contribution in [0.1, 0.15) is 87.0 Å². The molecule has 6 aliphatic rings. The van der Waals surface area contributed by atoms with Gasteiger partial charge in [-0.3, -0.25) is 14.5 Å². The summed E-state index contributed by atoms with van der Waals surface area (Å²) in [5, 5.41) is 18.2. The highest BCUT2D eigenvalue weighted by molar-refractivity contribution is 6.00. The van der Waals surface area contributed by atoms with Gasteiger partial charge >= 0.3 is 12.1 Å². The SMILES string of the molecule is CC[C@H]1OC(=O)C(C)C(=O)[C@H](C)[C@@H](OC2OC(CN(C)C34CC(C3)C4)CC(N(C)C)C2O)[C@](C)(OC)C[C@@H](C)CN[C@H](C)[C@H]2NC(=O)O[C@@]21C. The molecular weight excluding hydrogens is 644 g/mol. The lowest BCUT2D eigenvalue weighted by Gasteiger charge is -2.66. The van der Waals surface area contributed by atoms with Gasteiger partial charge in [0.1, 0.15) is 18.1 Å². The first-order valence-corrected chi connectivity index (χ1v) is 18.8. The number of cyclic esters (lactones) is 1. The van der Waals surface area contributed by atoms with Gasteiger partial charge in [-0.15, -0.1) is 0 Å². The molecule has 6 rings (SSSR count). The van der Waals surface area contributed by atoms with Crippen molar-refractivity contribution in [2.24, 2.45) is 23.7 Å². The van der Waals surface area contributed by atoms with Gasteiger partial charge in [0.25, 0.3) is 0 Å². The van der Waals surface area contributed by atoms with Crippen LogP contribution in [-0.2, 0) is 33.3 Å². The molecule has 0 aromatic rings. The Bertz CT molecular complexity index is 1240. The highest BCUT2D eigenvalue weighted by atomic mass is 16.7. The number of hydrogen-bond acceptors (Lipinski definition) is 12. The number of alkyl carbamates (subject to hydrolysis) is 1. The Kier molecular flexibility index (Phi) is 11.7. The van der Waals surface area contributed by atoms with E-state index in [0.717, 1.165) is 12.5 Å². The van der Waals surface area contributed by atoms with Crippen molar-refractivity contribution >= 4 is 17.8 Å². The number of ketones is 1. The maximum atomic E-state index is 14.3. The predicted octanol–water partition coefficient (Wildman–Crippen LogP) is 2.72. The molecule has 0 aromatic heterocycles. The first kappa shape index (κ1) is 39.3. The zero-order chi connectivity index (χ0) is 36.9. The van der Waals surface area contributed by atoms with Crippen LogP contribution in [0.25, 0.3) is 0 Å². The second-order valence-corrected chi connectivity index (χ2v) is 17.0. The number of nitrogens with zero attached hydrogens (tertiary/aromatic N) is 2. The lowest BCUT2D eigenvalue weighted by atomic mass is 9.49. The van der Waals surface area contributed by atoms with Crippen molar-refractivity contribution in [3.05, 3.63) is 0 Å². The molecule has 13 heteroatoms. The number of fused-ring (bicyclic) bond motifs is 1. The standard InChI is InChI=1S/C37H64N4O9/c1-12-27-36(7)30(39-34(45)50-36)23(5)38-18-20(2)14-35(6,46-11)31(21(3)28(42)22(4)32(44)48-27)49-33-29(43)26(40(8)9)13-25(47-33)19-41(10)37-15-24(16-37)17-37/h20-27,29-31,33,38,43H,12-19H2,1-11H3,(H,39,45)/t20-,21+,22?,23-,24?,25?,26?,27-,29?,30-,31-,33?,35-,36-,37?/m1/s1. The molecule has 0 radical (unpaired) electrons. The van der Waals surface area contributed by atoms with Crippen molar-refractivity contribution in [1.82, 2.24) is 20.4 Å². The van der Waals surface area contributed by atoms with Gasteiger partial charge in [0.15, 0.2) is 17.7 Å². The van der Waals surface area contributed by atoms with Gasteiger partial charge in [-0.25, -0.2) is 4.79 Å². The Morgan fingerprint density at radius 3 is 2.24 bits per heavy atom. The van der Waals surface area contributed by atoms with Gasteiger partial charge in [0.2, 0.25) is 0 Å². The summed E-state index contributed by atoms with van der Waals surface area (Å²) in [5.74, 6) is -2.16. The molecule has 3 saturated heterocycles. The van der Waals surface area contributed by atoms with Crippen LogP contribution in [0.15, 0.2) is 0 Å².